The van der Waals surface area contributed by atoms with Gasteiger partial charge < -0.3 is 4.74 Å². The lowest BCUT2D eigenvalue weighted by molar-refractivity contribution is 0.112. The molecule has 21 heavy (non-hydrogen) atoms. The number of methoxy groups -OCH3 is 1. The number of fused-ring (bicyclic) bond motifs is 1. The Morgan fingerprint density at radius 1 is 1.24 bits per heavy atom. The summed E-state index contributed by atoms with van der Waals surface area (Å²) in [5.41, 5.74) is 3.15. The van der Waals surface area contributed by atoms with Crippen LogP contribution < -0.4 is 4.74 Å². The van der Waals surface area contributed by atoms with Crippen molar-refractivity contribution < 1.29 is 9.53 Å². The average Bonchev–Trinajstić information content (AvgIpc) is 2.95. The Kier molecular flexibility index (Phi) is 3.39. The second-order valence-corrected chi connectivity index (χ2v) is 4.67. The standard InChI is InChI=1S/C16H15N3O2/c1-3-11-8-19-9-14(17-16(19)18-15(11)21-2)13-7-5-4-6-12(13)10-20/h4-10H,3H2,1-2H3. The average molecular weight is 281 g/mol. The van der Waals surface area contributed by atoms with Gasteiger partial charge in [0.2, 0.25) is 11.7 Å². The summed E-state index contributed by atoms with van der Waals surface area (Å²) in [5, 5.41) is 0. The Labute approximate surface area is 122 Å². The maximum atomic E-state index is 11.1. The monoisotopic (exact) mass is 281 g/mol. The van der Waals surface area contributed by atoms with E-state index in [2.05, 4.69) is 9.97 Å². The van der Waals surface area contributed by atoms with Crippen LogP contribution in [0.3, 0.4) is 0 Å². The Morgan fingerprint density at radius 2 is 2.05 bits per heavy atom. The van der Waals surface area contributed by atoms with Crippen molar-refractivity contribution in [3.8, 4) is 17.1 Å². The minimum atomic E-state index is 0.555. The highest BCUT2D eigenvalue weighted by molar-refractivity contribution is 5.86. The van der Waals surface area contributed by atoms with Crippen molar-refractivity contribution in [2.75, 3.05) is 7.11 Å². The van der Waals surface area contributed by atoms with E-state index in [9.17, 15) is 4.79 Å². The number of aldehydes is 1. The van der Waals surface area contributed by atoms with E-state index in [1.807, 2.05) is 41.9 Å². The SMILES string of the molecule is CCc1cn2cc(-c3ccccc3C=O)nc2nc1OC. The molecule has 2 aromatic heterocycles. The number of hydrogen-bond donors (Lipinski definition) is 0. The largest absolute Gasteiger partial charge is 0.481 e. The van der Waals surface area contributed by atoms with Gasteiger partial charge in [-0.3, -0.25) is 9.20 Å². The van der Waals surface area contributed by atoms with Gasteiger partial charge in [-0.1, -0.05) is 31.2 Å². The van der Waals surface area contributed by atoms with Crippen molar-refractivity contribution in [2.45, 2.75) is 13.3 Å². The fourth-order valence-electron chi connectivity index (χ4n) is 2.33. The number of aryl methyl sites for hydroxylation is 1. The third kappa shape index (κ3) is 2.27. The van der Waals surface area contributed by atoms with Gasteiger partial charge in [0.25, 0.3) is 0 Å². The molecule has 2 heterocycles. The van der Waals surface area contributed by atoms with Crippen LogP contribution in [0.4, 0.5) is 0 Å². The highest BCUT2D eigenvalue weighted by Gasteiger charge is 2.12. The maximum absolute atomic E-state index is 11.1. The zero-order valence-electron chi connectivity index (χ0n) is 11.9. The molecular weight excluding hydrogens is 266 g/mol. The van der Waals surface area contributed by atoms with Crippen molar-refractivity contribution in [1.82, 2.24) is 14.4 Å². The van der Waals surface area contributed by atoms with Crippen molar-refractivity contribution >= 4 is 12.1 Å². The molecule has 0 saturated carbocycles. The Hall–Kier alpha value is -2.69. The smallest absolute Gasteiger partial charge is 0.237 e. The van der Waals surface area contributed by atoms with Crippen LogP contribution in [0.25, 0.3) is 17.0 Å². The summed E-state index contributed by atoms with van der Waals surface area (Å²) in [6, 6.07) is 7.37. The number of hydrogen-bond acceptors (Lipinski definition) is 4. The van der Waals surface area contributed by atoms with Gasteiger partial charge in [0.05, 0.1) is 12.8 Å². The third-order valence-electron chi connectivity index (χ3n) is 3.42. The van der Waals surface area contributed by atoms with Crippen LogP contribution in [0.1, 0.15) is 22.8 Å². The molecule has 0 fully saturated rings. The molecule has 106 valence electrons. The summed E-state index contributed by atoms with van der Waals surface area (Å²) in [6.07, 6.45) is 5.50. The molecular formula is C16H15N3O2. The lowest BCUT2D eigenvalue weighted by atomic mass is 10.1. The first-order chi connectivity index (χ1) is 10.3. The highest BCUT2D eigenvalue weighted by Crippen LogP contribution is 2.24. The summed E-state index contributed by atoms with van der Waals surface area (Å²) in [5.74, 6) is 1.14. The molecule has 5 heteroatoms. The lowest BCUT2D eigenvalue weighted by Crippen LogP contribution is -1.98. The number of rotatable bonds is 4. The fourth-order valence-corrected chi connectivity index (χ4v) is 2.33. The van der Waals surface area contributed by atoms with Gasteiger partial charge in [-0.15, -0.1) is 0 Å². The first-order valence-electron chi connectivity index (χ1n) is 6.74. The molecule has 0 aliphatic rings. The number of carbonyl (C=O) groups excluding carboxylic acids is 1. The predicted octanol–water partition coefficient (Wildman–Crippen LogP) is 2.78. The molecule has 3 aromatic rings. The second kappa shape index (κ2) is 5.36. The van der Waals surface area contributed by atoms with E-state index in [0.717, 1.165) is 29.5 Å². The first kappa shape index (κ1) is 13.3. The van der Waals surface area contributed by atoms with Gasteiger partial charge in [-0.25, -0.2) is 4.98 Å². The Balaban J connectivity index is 2.19. The van der Waals surface area contributed by atoms with Crippen molar-refractivity contribution in [1.29, 1.82) is 0 Å². The fraction of sp³-hybridized carbons (Fsp3) is 0.188. The van der Waals surface area contributed by atoms with Crippen LogP contribution >= 0.6 is 0 Å². The molecule has 0 atom stereocenters. The van der Waals surface area contributed by atoms with Crippen LogP contribution in [0.2, 0.25) is 0 Å². The van der Waals surface area contributed by atoms with E-state index >= 15 is 0 Å². The maximum Gasteiger partial charge on any atom is 0.237 e. The first-order valence-corrected chi connectivity index (χ1v) is 6.74. The molecule has 0 spiro atoms. The number of aromatic nitrogens is 3. The van der Waals surface area contributed by atoms with Crippen LogP contribution in [0.5, 0.6) is 5.88 Å². The molecule has 0 amide bonds. The molecule has 0 saturated heterocycles. The van der Waals surface area contributed by atoms with E-state index < -0.39 is 0 Å². The predicted molar refractivity (Wildman–Crippen MR) is 79.7 cm³/mol. The molecule has 0 bridgehead atoms. The van der Waals surface area contributed by atoms with Gasteiger partial charge in [0.1, 0.15) is 0 Å². The van der Waals surface area contributed by atoms with Crippen molar-refractivity contribution in [2.24, 2.45) is 0 Å². The van der Waals surface area contributed by atoms with E-state index in [-0.39, 0.29) is 0 Å². The second-order valence-electron chi connectivity index (χ2n) is 4.67. The number of imidazole rings is 1. The highest BCUT2D eigenvalue weighted by atomic mass is 16.5. The van der Waals surface area contributed by atoms with Crippen molar-refractivity contribution in [3.05, 3.63) is 47.8 Å². The Morgan fingerprint density at radius 3 is 2.76 bits per heavy atom. The van der Waals surface area contributed by atoms with E-state index in [4.69, 9.17) is 4.74 Å². The lowest BCUT2D eigenvalue weighted by Gasteiger charge is -2.04. The molecule has 0 unspecified atom stereocenters. The summed E-state index contributed by atoms with van der Waals surface area (Å²) in [4.78, 5) is 20.0. The van der Waals surface area contributed by atoms with Gasteiger partial charge in [-0.2, -0.15) is 4.98 Å². The quantitative estimate of drug-likeness (QED) is 0.690. The molecule has 5 nitrogen and oxygen atoms in total. The number of benzene rings is 1. The number of carbonyl (C=O) groups is 1. The van der Waals surface area contributed by atoms with Crippen LogP contribution in [0, 0.1) is 0 Å². The minimum Gasteiger partial charge on any atom is -0.481 e. The molecule has 0 N–H and O–H groups in total. The van der Waals surface area contributed by atoms with Crippen LogP contribution in [-0.4, -0.2) is 27.8 Å². The molecule has 3 rings (SSSR count). The topological polar surface area (TPSA) is 56.5 Å². The third-order valence-corrected chi connectivity index (χ3v) is 3.42. The summed E-state index contributed by atoms with van der Waals surface area (Å²) in [7, 11) is 1.60. The van der Waals surface area contributed by atoms with Crippen LogP contribution in [-0.2, 0) is 6.42 Å². The zero-order chi connectivity index (χ0) is 14.8. The number of nitrogens with zero attached hydrogens (tertiary/aromatic N) is 3. The summed E-state index contributed by atoms with van der Waals surface area (Å²) in [6.45, 7) is 2.05. The summed E-state index contributed by atoms with van der Waals surface area (Å²) >= 11 is 0. The van der Waals surface area contributed by atoms with Crippen LogP contribution in [0.15, 0.2) is 36.7 Å². The van der Waals surface area contributed by atoms with Gasteiger partial charge in [0.15, 0.2) is 6.29 Å². The van der Waals surface area contributed by atoms with E-state index in [1.54, 1.807) is 13.2 Å². The molecule has 0 aliphatic carbocycles. The molecule has 1 aromatic carbocycles. The Bertz CT molecular complexity index is 767. The van der Waals surface area contributed by atoms with E-state index in [0.29, 0.717) is 17.2 Å². The van der Waals surface area contributed by atoms with E-state index in [1.165, 1.54) is 0 Å². The van der Waals surface area contributed by atoms with Crippen molar-refractivity contribution in [3.63, 3.8) is 0 Å². The summed E-state index contributed by atoms with van der Waals surface area (Å²) < 4.78 is 7.14. The zero-order valence-corrected chi connectivity index (χ0v) is 11.9. The normalized spacial score (nSPS) is 10.8. The number of ether oxygens (including phenoxy) is 1. The minimum absolute atomic E-state index is 0.555. The van der Waals surface area contributed by atoms with Gasteiger partial charge in [0, 0.05) is 29.1 Å². The molecule has 0 aliphatic heterocycles. The van der Waals surface area contributed by atoms with Gasteiger partial charge in [-0.05, 0) is 6.42 Å². The van der Waals surface area contributed by atoms with Gasteiger partial charge >= 0.3 is 0 Å². The molecule has 0 radical (unpaired) electrons.